The first-order valence-corrected chi connectivity index (χ1v) is 8.53. The maximum Gasteiger partial charge on any atom is 0.308 e. The molecule has 106 valence electrons. The lowest BCUT2D eigenvalue weighted by Crippen LogP contribution is -2.38. The maximum absolute atomic E-state index is 12.0. The Morgan fingerprint density at radius 2 is 2.05 bits per heavy atom. The molecule has 1 aromatic heterocycles. The van der Waals surface area contributed by atoms with Gasteiger partial charge < -0.3 is 4.74 Å². The lowest BCUT2D eigenvalue weighted by molar-refractivity contribution is -0.146. The molecule has 19 heavy (non-hydrogen) atoms. The fourth-order valence-corrected chi connectivity index (χ4v) is 4.62. The van der Waals surface area contributed by atoms with Crippen LogP contribution in [0.3, 0.4) is 0 Å². The number of rotatable bonds is 4. The quantitative estimate of drug-likeness (QED) is 0.860. The van der Waals surface area contributed by atoms with Gasteiger partial charge in [0.15, 0.2) is 0 Å². The molecule has 0 bridgehead atoms. The summed E-state index contributed by atoms with van der Waals surface area (Å²) in [5.74, 6) is -0.285. The number of sulfonamides is 1. The van der Waals surface area contributed by atoms with Crippen molar-refractivity contribution in [1.82, 2.24) is 4.72 Å². The monoisotopic (exact) mass is 303 g/mol. The van der Waals surface area contributed by atoms with Crippen LogP contribution < -0.4 is 4.72 Å². The van der Waals surface area contributed by atoms with Gasteiger partial charge in [-0.1, -0.05) is 6.07 Å². The summed E-state index contributed by atoms with van der Waals surface area (Å²) in [7, 11) is -2.02. The van der Waals surface area contributed by atoms with Crippen LogP contribution >= 0.6 is 11.3 Å². The van der Waals surface area contributed by atoms with Crippen molar-refractivity contribution in [2.75, 3.05) is 7.11 Å². The molecule has 0 aliphatic heterocycles. The number of thiophene rings is 1. The summed E-state index contributed by atoms with van der Waals surface area (Å²) >= 11 is 1.20. The number of nitrogens with one attached hydrogen (secondary N) is 1. The molecule has 0 amide bonds. The first-order chi connectivity index (χ1) is 9.03. The van der Waals surface area contributed by atoms with Gasteiger partial charge in [-0.15, -0.1) is 11.3 Å². The fraction of sp³-hybridized carbons (Fsp3) is 0.583. The van der Waals surface area contributed by atoms with Crippen LogP contribution in [0.15, 0.2) is 21.7 Å². The molecule has 1 aliphatic carbocycles. The molecule has 2 rings (SSSR count). The van der Waals surface area contributed by atoms with Crippen LogP contribution in [0.25, 0.3) is 0 Å². The summed E-state index contributed by atoms with van der Waals surface area (Å²) in [6, 6.07) is 3.22. The Labute approximate surface area is 117 Å². The van der Waals surface area contributed by atoms with Crippen molar-refractivity contribution in [2.45, 2.75) is 35.9 Å². The van der Waals surface area contributed by atoms with E-state index in [1.165, 1.54) is 18.4 Å². The molecular weight excluding hydrogens is 286 g/mol. The molecule has 1 aromatic rings. The Balaban J connectivity index is 1.91. The summed E-state index contributed by atoms with van der Waals surface area (Å²) < 4.78 is 31.8. The van der Waals surface area contributed by atoms with Crippen LogP contribution in [0.4, 0.5) is 0 Å². The molecule has 0 radical (unpaired) electrons. The largest absolute Gasteiger partial charge is 0.469 e. The predicted molar refractivity (Wildman–Crippen MR) is 72.4 cm³/mol. The van der Waals surface area contributed by atoms with Gasteiger partial charge in [-0.3, -0.25) is 4.79 Å². The van der Waals surface area contributed by atoms with Crippen molar-refractivity contribution in [3.05, 3.63) is 17.5 Å². The SMILES string of the molecule is COC(=O)C1CCC(NS(=O)(=O)c2cccs2)CC1. The Morgan fingerprint density at radius 1 is 1.37 bits per heavy atom. The second-order valence-corrected chi connectivity index (χ2v) is 7.51. The van der Waals surface area contributed by atoms with E-state index in [9.17, 15) is 13.2 Å². The highest BCUT2D eigenvalue weighted by Gasteiger charge is 2.29. The molecular formula is C12H17NO4S2. The first-order valence-electron chi connectivity index (χ1n) is 6.16. The van der Waals surface area contributed by atoms with Crippen LogP contribution in [0, 0.1) is 5.92 Å². The van der Waals surface area contributed by atoms with Gasteiger partial charge in [0.2, 0.25) is 10.0 Å². The third kappa shape index (κ3) is 3.55. The average Bonchev–Trinajstić information content (AvgIpc) is 2.93. The van der Waals surface area contributed by atoms with E-state index in [0.29, 0.717) is 29.9 Å². The van der Waals surface area contributed by atoms with Gasteiger partial charge in [0.1, 0.15) is 4.21 Å². The van der Waals surface area contributed by atoms with Crippen molar-refractivity contribution in [2.24, 2.45) is 5.92 Å². The van der Waals surface area contributed by atoms with Crippen molar-refractivity contribution < 1.29 is 17.9 Å². The summed E-state index contributed by atoms with van der Waals surface area (Å²) in [6.45, 7) is 0. The summed E-state index contributed by atoms with van der Waals surface area (Å²) in [6.07, 6.45) is 2.68. The Morgan fingerprint density at radius 3 is 2.58 bits per heavy atom. The van der Waals surface area contributed by atoms with Crippen molar-refractivity contribution >= 4 is 27.3 Å². The van der Waals surface area contributed by atoms with Gasteiger partial charge in [-0.2, -0.15) is 0 Å². The topological polar surface area (TPSA) is 72.5 Å². The molecule has 1 fully saturated rings. The van der Waals surface area contributed by atoms with Crippen LogP contribution in [-0.4, -0.2) is 27.5 Å². The van der Waals surface area contributed by atoms with Crippen LogP contribution in [0.1, 0.15) is 25.7 Å². The van der Waals surface area contributed by atoms with E-state index in [-0.39, 0.29) is 17.9 Å². The standard InChI is InChI=1S/C12H17NO4S2/c1-17-12(14)9-4-6-10(7-5-9)13-19(15,16)11-3-2-8-18-11/h2-3,8-10,13H,4-7H2,1H3. The zero-order valence-electron chi connectivity index (χ0n) is 10.7. The van der Waals surface area contributed by atoms with E-state index in [2.05, 4.69) is 4.72 Å². The minimum Gasteiger partial charge on any atom is -0.469 e. The summed E-state index contributed by atoms with van der Waals surface area (Å²) in [4.78, 5) is 11.4. The molecule has 0 unspecified atom stereocenters. The Bertz CT molecular complexity index is 516. The molecule has 1 N–H and O–H groups in total. The fourth-order valence-electron chi connectivity index (χ4n) is 2.31. The first kappa shape index (κ1) is 14.5. The third-order valence-corrected chi connectivity index (χ3v) is 6.26. The number of hydrogen-bond donors (Lipinski definition) is 1. The molecule has 1 heterocycles. The second-order valence-electron chi connectivity index (χ2n) is 4.63. The van der Waals surface area contributed by atoms with E-state index < -0.39 is 10.0 Å². The normalized spacial score (nSPS) is 24.1. The minimum absolute atomic E-state index is 0.0898. The highest BCUT2D eigenvalue weighted by atomic mass is 32.2. The van der Waals surface area contributed by atoms with E-state index in [0.717, 1.165) is 0 Å². The van der Waals surface area contributed by atoms with Crippen LogP contribution in [-0.2, 0) is 19.6 Å². The zero-order valence-corrected chi connectivity index (χ0v) is 12.3. The Hall–Kier alpha value is -0.920. The lowest BCUT2D eigenvalue weighted by atomic mass is 9.86. The number of hydrogen-bond acceptors (Lipinski definition) is 5. The van der Waals surface area contributed by atoms with Gasteiger partial charge in [-0.05, 0) is 37.1 Å². The van der Waals surface area contributed by atoms with Gasteiger partial charge in [-0.25, -0.2) is 13.1 Å². The molecule has 0 saturated heterocycles. The molecule has 7 heteroatoms. The highest BCUT2D eigenvalue weighted by Crippen LogP contribution is 2.26. The van der Waals surface area contributed by atoms with E-state index in [4.69, 9.17) is 4.74 Å². The zero-order chi connectivity index (χ0) is 13.9. The predicted octanol–water partition coefficient (Wildman–Crippen LogP) is 1.76. The number of ether oxygens (including phenoxy) is 1. The average molecular weight is 303 g/mol. The lowest BCUT2D eigenvalue weighted by Gasteiger charge is -2.27. The highest BCUT2D eigenvalue weighted by molar-refractivity contribution is 7.91. The van der Waals surface area contributed by atoms with Crippen molar-refractivity contribution in [3.8, 4) is 0 Å². The molecule has 0 atom stereocenters. The van der Waals surface area contributed by atoms with E-state index >= 15 is 0 Å². The van der Waals surface area contributed by atoms with Crippen LogP contribution in [0.2, 0.25) is 0 Å². The number of esters is 1. The van der Waals surface area contributed by atoms with Gasteiger partial charge in [0.05, 0.1) is 13.0 Å². The molecule has 0 spiro atoms. The minimum atomic E-state index is -3.41. The van der Waals surface area contributed by atoms with Gasteiger partial charge in [0, 0.05) is 6.04 Å². The number of carbonyl (C=O) groups is 1. The second kappa shape index (κ2) is 6.02. The number of carbonyl (C=O) groups excluding carboxylic acids is 1. The van der Waals surface area contributed by atoms with Gasteiger partial charge in [0.25, 0.3) is 0 Å². The van der Waals surface area contributed by atoms with Crippen LogP contribution in [0.5, 0.6) is 0 Å². The molecule has 1 saturated carbocycles. The summed E-state index contributed by atoms with van der Waals surface area (Å²) in [5, 5.41) is 1.74. The molecule has 1 aliphatic rings. The maximum atomic E-state index is 12.0. The third-order valence-electron chi connectivity index (χ3n) is 3.34. The van der Waals surface area contributed by atoms with Gasteiger partial charge >= 0.3 is 5.97 Å². The van der Waals surface area contributed by atoms with Crippen molar-refractivity contribution in [3.63, 3.8) is 0 Å². The Kier molecular flexibility index (Phi) is 4.59. The number of methoxy groups -OCH3 is 1. The molecule has 5 nitrogen and oxygen atoms in total. The smallest absolute Gasteiger partial charge is 0.308 e. The molecule has 0 aromatic carbocycles. The van der Waals surface area contributed by atoms with E-state index in [1.807, 2.05) is 0 Å². The summed E-state index contributed by atoms with van der Waals surface area (Å²) in [5.41, 5.74) is 0. The van der Waals surface area contributed by atoms with Crippen molar-refractivity contribution in [1.29, 1.82) is 0 Å². The van der Waals surface area contributed by atoms with E-state index in [1.54, 1.807) is 17.5 Å².